The maximum Gasteiger partial charge on any atom is 0.331 e. The third-order valence-corrected chi connectivity index (χ3v) is 3.95. The molecule has 3 aromatic rings. The second-order valence-corrected chi connectivity index (χ2v) is 5.66. The fraction of sp³-hybridized carbons (Fsp3) is 0.263. The molecule has 0 aliphatic carbocycles. The predicted molar refractivity (Wildman–Crippen MR) is 95.1 cm³/mol. The summed E-state index contributed by atoms with van der Waals surface area (Å²) < 4.78 is 13.5. The topological polar surface area (TPSA) is 62.5 Å². The van der Waals surface area contributed by atoms with Gasteiger partial charge in [-0.05, 0) is 42.8 Å². The molecule has 0 saturated heterocycles. The maximum absolute atomic E-state index is 12.7. The van der Waals surface area contributed by atoms with E-state index in [4.69, 9.17) is 9.47 Å². The summed E-state index contributed by atoms with van der Waals surface area (Å²) in [5.41, 5.74) is 1.36. The summed E-state index contributed by atoms with van der Waals surface area (Å²) in [6, 6.07) is 14.2. The lowest BCUT2D eigenvalue weighted by molar-refractivity contribution is -0.135. The van der Waals surface area contributed by atoms with Gasteiger partial charge in [-0.3, -0.25) is 9.13 Å². The van der Waals surface area contributed by atoms with Crippen molar-refractivity contribution in [3.63, 3.8) is 0 Å². The van der Waals surface area contributed by atoms with Crippen LogP contribution in [0.1, 0.15) is 13.3 Å². The quantitative estimate of drug-likeness (QED) is 0.511. The maximum atomic E-state index is 12.7. The van der Waals surface area contributed by atoms with Gasteiger partial charge in [0.15, 0.2) is 0 Å². The summed E-state index contributed by atoms with van der Waals surface area (Å²) in [4.78, 5) is 24.9. The van der Waals surface area contributed by atoms with Crippen molar-refractivity contribution in [2.75, 3.05) is 7.11 Å². The van der Waals surface area contributed by atoms with Crippen molar-refractivity contribution in [1.82, 2.24) is 9.13 Å². The molecule has 0 aliphatic heterocycles. The van der Waals surface area contributed by atoms with Crippen molar-refractivity contribution >= 4 is 17.0 Å². The van der Waals surface area contributed by atoms with Crippen LogP contribution >= 0.6 is 0 Å². The standard InChI is InChI=1S/C19H20N2O4/c1-3-12-20-16-6-4-5-7-17(16)21(19(20)23)13-18(22)25-15-10-8-14(24-2)9-11-15/h4-11H,3,12-13H2,1-2H3. The van der Waals surface area contributed by atoms with Gasteiger partial charge in [0.25, 0.3) is 0 Å². The molecule has 0 radical (unpaired) electrons. The third kappa shape index (κ3) is 3.42. The van der Waals surface area contributed by atoms with Crippen LogP contribution in [0.2, 0.25) is 0 Å². The molecule has 0 amide bonds. The highest BCUT2D eigenvalue weighted by molar-refractivity contribution is 5.79. The van der Waals surface area contributed by atoms with Crippen LogP contribution in [-0.4, -0.2) is 22.2 Å². The molecule has 0 N–H and O–H groups in total. The van der Waals surface area contributed by atoms with Gasteiger partial charge in [0.1, 0.15) is 18.0 Å². The van der Waals surface area contributed by atoms with E-state index in [-0.39, 0.29) is 12.2 Å². The van der Waals surface area contributed by atoms with Crippen LogP contribution in [0.25, 0.3) is 11.0 Å². The lowest BCUT2D eigenvalue weighted by Crippen LogP contribution is -2.28. The second-order valence-electron chi connectivity index (χ2n) is 5.66. The summed E-state index contributed by atoms with van der Waals surface area (Å²) in [5.74, 6) is 0.599. The van der Waals surface area contributed by atoms with Crippen molar-refractivity contribution in [2.24, 2.45) is 0 Å². The van der Waals surface area contributed by atoms with Crippen LogP contribution in [0.4, 0.5) is 0 Å². The van der Waals surface area contributed by atoms with E-state index in [2.05, 4.69) is 0 Å². The van der Waals surface area contributed by atoms with Crippen molar-refractivity contribution in [2.45, 2.75) is 26.4 Å². The van der Waals surface area contributed by atoms with Gasteiger partial charge in [-0.1, -0.05) is 19.1 Å². The number of para-hydroxylation sites is 2. The van der Waals surface area contributed by atoms with Crippen LogP contribution in [0, 0.1) is 0 Å². The second kappa shape index (κ2) is 7.25. The number of hydrogen-bond donors (Lipinski definition) is 0. The normalized spacial score (nSPS) is 10.8. The highest BCUT2D eigenvalue weighted by Gasteiger charge is 2.16. The first kappa shape index (κ1) is 16.8. The average Bonchev–Trinajstić information content (AvgIpc) is 2.89. The van der Waals surface area contributed by atoms with Gasteiger partial charge in [0, 0.05) is 6.54 Å². The largest absolute Gasteiger partial charge is 0.497 e. The van der Waals surface area contributed by atoms with Crippen LogP contribution in [0.15, 0.2) is 53.3 Å². The van der Waals surface area contributed by atoms with Gasteiger partial charge in [0.2, 0.25) is 0 Å². The summed E-state index contributed by atoms with van der Waals surface area (Å²) in [7, 11) is 1.57. The van der Waals surface area contributed by atoms with Crippen molar-refractivity contribution in [3.8, 4) is 11.5 Å². The Labute approximate surface area is 145 Å². The molecule has 0 atom stereocenters. The van der Waals surface area contributed by atoms with E-state index < -0.39 is 5.97 Å². The van der Waals surface area contributed by atoms with Gasteiger partial charge in [-0.25, -0.2) is 9.59 Å². The molecule has 0 saturated carbocycles. The van der Waals surface area contributed by atoms with Crippen molar-refractivity contribution < 1.29 is 14.3 Å². The molecule has 0 unspecified atom stereocenters. The summed E-state index contributed by atoms with van der Waals surface area (Å²) in [6.07, 6.45) is 0.838. The number of hydrogen-bond acceptors (Lipinski definition) is 4. The van der Waals surface area contributed by atoms with Gasteiger partial charge >= 0.3 is 11.7 Å². The fourth-order valence-electron chi connectivity index (χ4n) is 2.80. The van der Waals surface area contributed by atoms with Gasteiger partial charge in [-0.15, -0.1) is 0 Å². The number of esters is 1. The molecule has 3 rings (SSSR count). The van der Waals surface area contributed by atoms with Crippen LogP contribution in [-0.2, 0) is 17.9 Å². The highest BCUT2D eigenvalue weighted by atomic mass is 16.5. The minimum absolute atomic E-state index is 0.137. The first-order valence-corrected chi connectivity index (χ1v) is 8.17. The summed E-state index contributed by atoms with van der Waals surface area (Å²) in [6.45, 7) is 2.48. The van der Waals surface area contributed by atoms with Crippen LogP contribution in [0.3, 0.4) is 0 Å². The molecular weight excluding hydrogens is 320 g/mol. The van der Waals surface area contributed by atoms with Crippen molar-refractivity contribution in [1.29, 1.82) is 0 Å². The molecule has 0 bridgehead atoms. The molecule has 2 aromatic carbocycles. The number of fused-ring (bicyclic) bond motifs is 1. The van der Waals surface area contributed by atoms with Gasteiger partial charge in [-0.2, -0.15) is 0 Å². The van der Waals surface area contributed by atoms with E-state index in [0.717, 1.165) is 17.5 Å². The zero-order valence-corrected chi connectivity index (χ0v) is 14.3. The Balaban J connectivity index is 1.85. The fourth-order valence-corrected chi connectivity index (χ4v) is 2.80. The average molecular weight is 340 g/mol. The first-order chi connectivity index (χ1) is 12.1. The molecular formula is C19H20N2O4. The predicted octanol–water partition coefficient (Wildman–Crippen LogP) is 2.83. The van der Waals surface area contributed by atoms with E-state index in [9.17, 15) is 9.59 Å². The van der Waals surface area contributed by atoms with Crippen LogP contribution < -0.4 is 15.2 Å². The Kier molecular flexibility index (Phi) is 4.88. The SMILES string of the molecule is CCCn1c(=O)n(CC(=O)Oc2ccc(OC)cc2)c2ccccc21. The number of aryl methyl sites for hydroxylation is 1. The first-order valence-electron chi connectivity index (χ1n) is 8.17. The number of carbonyl (C=O) groups is 1. The number of nitrogens with zero attached hydrogens (tertiary/aromatic N) is 2. The Hall–Kier alpha value is -3.02. The van der Waals surface area contributed by atoms with Crippen LogP contribution in [0.5, 0.6) is 11.5 Å². The smallest absolute Gasteiger partial charge is 0.331 e. The highest BCUT2D eigenvalue weighted by Crippen LogP contribution is 2.18. The molecule has 0 aliphatic rings. The van der Waals surface area contributed by atoms with E-state index in [1.807, 2.05) is 31.2 Å². The number of imidazole rings is 1. The van der Waals surface area contributed by atoms with Gasteiger partial charge < -0.3 is 9.47 Å². The lowest BCUT2D eigenvalue weighted by Gasteiger charge is -2.06. The number of ether oxygens (including phenoxy) is 2. The van der Waals surface area contributed by atoms with E-state index >= 15 is 0 Å². The number of carbonyl (C=O) groups excluding carboxylic acids is 1. The van der Waals surface area contributed by atoms with Gasteiger partial charge in [0.05, 0.1) is 18.1 Å². The Morgan fingerprint density at radius 2 is 1.56 bits per heavy atom. The molecule has 25 heavy (non-hydrogen) atoms. The number of aromatic nitrogens is 2. The van der Waals surface area contributed by atoms with E-state index in [0.29, 0.717) is 18.0 Å². The Morgan fingerprint density at radius 3 is 2.16 bits per heavy atom. The molecule has 6 heteroatoms. The molecule has 0 fully saturated rings. The summed E-state index contributed by atoms with van der Waals surface area (Å²) in [5, 5.41) is 0. The third-order valence-electron chi connectivity index (χ3n) is 3.95. The Bertz CT molecular complexity index is 938. The molecule has 0 spiro atoms. The number of benzene rings is 2. The minimum atomic E-state index is -0.494. The molecule has 1 aromatic heterocycles. The molecule has 130 valence electrons. The minimum Gasteiger partial charge on any atom is -0.497 e. The van der Waals surface area contributed by atoms with Crippen molar-refractivity contribution in [3.05, 3.63) is 59.0 Å². The summed E-state index contributed by atoms with van der Waals surface area (Å²) >= 11 is 0. The number of rotatable bonds is 6. The van der Waals surface area contributed by atoms with E-state index in [1.54, 1.807) is 35.9 Å². The molecule has 6 nitrogen and oxygen atoms in total. The number of methoxy groups -OCH3 is 1. The van der Waals surface area contributed by atoms with E-state index in [1.165, 1.54) is 4.57 Å². The molecule has 1 heterocycles. The zero-order chi connectivity index (χ0) is 17.8. The Morgan fingerprint density at radius 1 is 0.960 bits per heavy atom. The zero-order valence-electron chi connectivity index (χ0n) is 14.3. The lowest BCUT2D eigenvalue weighted by atomic mass is 10.3. The monoisotopic (exact) mass is 340 g/mol.